The van der Waals surface area contributed by atoms with Crippen molar-refractivity contribution in [3.63, 3.8) is 0 Å². The minimum Gasteiger partial charge on any atom is -0.285 e. The fraction of sp³-hybridized carbons (Fsp3) is 0.206. The van der Waals surface area contributed by atoms with Crippen molar-refractivity contribution in [1.29, 1.82) is 0 Å². The molecule has 0 fully saturated rings. The van der Waals surface area contributed by atoms with E-state index in [0.717, 1.165) is 60.3 Å². The molecule has 5 rings (SSSR count). The Hall–Kier alpha value is -4.31. The molecule has 0 amide bonds. The fourth-order valence-corrected chi connectivity index (χ4v) is 5.21. The summed E-state index contributed by atoms with van der Waals surface area (Å²) in [6.45, 7) is 2.36. The first-order valence-electron chi connectivity index (χ1n) is 13.3. The highest BCUT2D eigenvalue weighted by Gasteiger charge is 2.26. The molecule has 0 aliphatic rings. The third-order valence-electron chi connectivity index (χ3n) is 7.18. The van der Waals surface area contributed by atoms with Gasteiger partial charge in [-0.1, -0.05) is 79.7 Å². The minimum atomic E-state index is 0.0148. The first-order chi connectivity index (χ1) is 18.6. The Morgan fingerprint density at radius 3 is 1.66 bits per heavy atom. The molecule has 0 saturated carbocycles. The summed E-state index contributed by atoms with van der Waals surface area (Å²) >= 11 is 0. The minimum absolute atomic E-state index is 0.0148. The molecule has 0 aliphatic heterocycles. The molecule has 0 radical (unpaired) electrons. The molecule has 0 aliphatic carbocycles. The van der Waals surface area contributed by atoms with E-state index in [1.165, 1.54) is 15.9 Å². The van der Waals surface area contributed by atoms with Crippen molar-refractivity contribution in [3.05, 3.63) is 139 Å². The Morgan fingerprint density at radius 1 is 0.658 bits per heavy atom. The van der Waals surface area contributed by atoms with Crippen molar-refractivity contribution >= 4 is 0 Å². The number of hydrogen-bond acceptors (Lipinski definition) is 3. The van der Waals surface area contributed by atoms with E-state index in [1.807, 2.05) is 67.0 Å². The largest absolute Gasteiger partial charge is 0.285 e. The smallest absolute Gasteiger partial charge is 0.234 e. The van der Waals surface area contributed by atoms with Gasteiger partial charge in [0.1, 0.15) is 0 Å². The van der Waals surface area contributed by atoms with Gasteiger partial charge in [0.15, 0.2) is 0 Å². The van der Waals surface area contributed by atoms with Crippen molar-refractivity contribution in [2.45, 2.75) is 39.0 Å². The second-order valence-corrected chi connectivity index (χ2v) is 10.4. The number of aromatic nitrogens is 3. The highest BCUT2D eigenvalue weighted by atomic mass is 16.5. The Labute approximate surface area is 225 Å². The maximum absolute atomic E-state index is 10.2. The van der Waals surface area contributed by atoms with Crippen LogP contribution in [0.3, 0.4) is 0 Å². The lowest BCUT2D eigenvalue weighted by molar-refractivity contribution is -0.909. The summed E-state index contributed by atoms with van der Waals surface area (Å²) in [5.74, 6) is 0. The van der Waals surface area contributed by atoms with E-state index >= 15 is 0 Å². The van der Waals surface area contributed by atoms with Gasteiger partial charge >= 0.3 is 0 Å². The lowest BCUT2D eigenvalue weighted by atomic mass is 9.75. The maximum Gasteiger partial charge on any atom is 0.234 e. The topological polar surface area (TPSA) is 49.9 Å². The number of rotatable bonds is 10. The average Bonchev–Trinajstić information content (AvgIpc) is 2.96. The molecule has 0 spiro atoms. The summed E-state index contributed by atoms with van der Waals surface area (Å²) in [5, 5.41) is 10.2. The van der Waals surface area contributed by atoms with Gasteiger partial charge in [-0.25, -0.2) is 0 Å². The monoisotopic (exact) mass is 500 g/mol. The zero-order valence-electron chi connectivity index (χ0n) is 21.9. The van der Waals surface area contributed by atoms with Crippen molar-refractivity contribution < 1.29 is 9.94 Å². The van der Waals surface area contributed by atoms with E-state index in [0.29, 0.717) is 0 Å². The zero-order valence-corrected chi connectivity index (χ0v) is 21.9. The average molecular weight is 501 g/mol. The fourth-order valence-electron chi connectivity index (χ4n) is 5.21. The zero-order chi connectivity index (χ0) is 26.2. The van der Waals surface area contributed by atoms with Crippen molar-refractivity contribution in [3.8, 4) is 22.5 Å². The van der Waals surface area contributed by atoms with Gasteiger partial charge in [0.25, 0.3) is 0 Å². The van der Waals surface area contributed by atoms with Crippen LogP contribution in [0.25, 0.3) is 22.5 Å². The summed E-state index contributed by atoms with van der Waals surface area (Å²) in [4.78, 5) is 9.55. The number of benzene rings is 2. The lowest BCUT2D eigenvalue weighted by Gasteiger charge is -2.30. The van der Waals surface area contributed by atoms with Crippen LogP contribution in [0, 0.1) is 5.41 Å². The van der Waals surface area contributed by atoms with Crippen LogP contribution in [-0.2, 0) is 19.3 Å². The van der Waals surface area contributed by atoms with Crippen molar-refractivity contribution in [1.82, 2.24) is 9.97 Å². The van der Waals surface area contributed by atoms with Gasteiger partial charge in [-0.2, -0.15) is 0 Å². The van der Waals surface area contributed by atoms with E-state index in [-0.39, 0.29) is 5.41 Å². The van der Waals surface area contributed by atoms with Gasteiger partial charge in [0.05, 0.1) is 11.4 Å². The van der Waals surface area contributed by atoms with Gasteiger partial charge in [0.2, 0.25) is 11.9 Å². The van der Waals surface area contributed by atoms with Crippen LogP contribution in [0.4, 0.5) is 0 Å². The van der Waals surface area contributed by atoms with E-state index in [2.05, 4.69) is 55.5 Å². The highest BCUT2D eigenvalue weighted by Crippen LogP contribution is 2.34. The van der Waals surface area contributed by atoms with Crippen LogP contribution < -0.4 is 4.73 Å². The summed E-state index contributed by atoms with van der Waals surface area (Å²) in [5.41, 5.74) is 7.66. The van der Waals surface area contributed by atoms with Crippen LogP contribution in [0.2, 0.25) is 0 Å². The third-order valence-corrected chi connectivity index (χ3v) is 7.18. The molecule has 190 valence electrons. The molecule has 5 aromatic rings. The lowest BCUT2D eigenvalue weighted by Crippen LogP contribution is -2.34. The molecule has 2 aromatic carbocycles. The highest BCUT2D eigenvalue weighted by molar-refractivity contribution is 5.59. The second kappa shape index (κ2) is 11.8. The Morgan fingerprint density at radius 2 is 1.18 bits per heavy atom. The summed E-state index contributed by atoms with van der Waals surface area (Å²) in [6, 6.07) is 35.1. The van der Waals surface area contributed by atoms with Gasteiger partial charge in [-0.3, -0.25) is 15.2 Å². The van der Waals surface area contributed by atoms with Gasteiger partial charge < -0.3 is 0 Å². The van der Waals surface area contributed by atoms with E-state index in [9.17, 15) is 5.21 Å². The molecule has 3 aromatic heterocycles. The predicted molar refractivity (Wildman–Crippen MR) is 152 cm³/mol. The Balaban J connectivity index is 1.33. The molecular formula is C34H34N3O+. The van der Waals surface area contributed by atoms with Crippen molar-refractivity contribution in [2.75, 3.05) is 0 Å². The molecule has 0 saturated heterocycles. The number of nitrogens with zero attached hydrogens (tertiary/aromatic N) is 3. The predicted octanol–water partition coefficient (Wildman–Crippen LogP) is 7.15. The van der Waals surface area contributed by atoms with E-state index in [4.69, 9.17) is 9.97 Å². The third kappa shape index (κ3) is 6.51. The van der Waals surface area contributed by atoms with Crippen LogP contribution >= 0.6 is 0 Å². The molecule has 4 heteroatoms. The van der Waals surface area contributed by atoms with Crippen LogP contribution in [0.1, 0.15) is 36.6 Å². The summed E-state index contributed by atoms with van der Waals surface area (Å²) in [6.07, 6.45) is 10.4. The van der Waals surface area contributed by atoms with E-state index < -0.39 is 0 Å². The number of aryl methyl sites for hydroxylation is 1. The first-order valence-corrected chi connectivity index (χ1v) is 13.3. The van der Waals surface area contributed by atoms with Gasteiger partial charge in [-0.15, -0.1) is 0 Å². The summed E-state index contributed by atoms with van der Waals surface area (Å²) in [7, 11) is 0. The van der Waals surface area contributed by atoms with Crippen LogP contribution in [0.5, 0.6) is 0 Å². The van der Waals surface area contributed by atoms with Crippen LogP contribution in [0.15, 0.2) is 122 Å². The first kappa shape index (κ1) is 25.3. The van der Waals surface area contributed by atoms with Crippen LogP contribution in [-0.4, -0.2) is 15.2 Å². The standard InChI is InChI=1S/C34H34N3O/c1-34(21-10-16-31-15-8-9-22-37(31)38,23-27-17-19-32(35-25-27)29-11-4-2-5-12-29)24-28-18-20-33(36-26-28)30-13-6-3-7-14-30/h2-9,11-15,17-20,22,25-26,38H,10,16,21,23-24H2,1H3/q+1. The van der Waals surface area contributed by atoms with Crippen molar-refractivity contribution in [2.24, 2.45) is 5.41 Å². The van der Waals surface area contributed by atoms with Gasteiger partial charge in [0, 0.05) is 46.8 Å². The second-order valence-electron chi connectivity index (χ2n) is 10.4. The molecule has 0 unspecified atom stereocenters. The molecule has 0 atom stereocenters. The number of pyridine rings is 3. The number of hydrogen-bond donors (Lipinski definition) is 1. The molecule has 0 bridgehead atoms. The Kier molecular flexibility index (Phi) is 7.89. The molecule has 38 heavy (non-hydrogen) atoms. The molecule has 3 heterocycles. The molecule has 4 nitrogen and oxygen atoms in total. The normalized spacial score (nSPS) is 11.4. The Bertz CT molecular complexity index is 1350. The molecule has 1 N–H and O–H groups in total. The van der Waals surface area contributed by atoms with E-state index in [1.54, 1.807) is 6.20 Å². The summed E-state index contributed by atoms with van der Waals surface area (Å²) < 4.78 is 1.23. The SMILES string of the molecule is CC(CCCc1cccc[n+]1O)(Cc1ccc(-c2ccccc2)nc1)Cc1ccc(-c2ccccc2)nc1. The van der Waals surface area contributed by atoms with Gasteiger partial charge in [-0.05, 0) is 60.4 Å². The quantitative estimate of drug-likeness (QED) is 0.164. The maximum atomic E-state index is 10.2. The molecular weight excluding hydrogens is 466 g/mol.